The van der Waals surface area contributed by atoms with Crippen molar-refractivity contribution in [3.05, 3.63) is 10.6 Å². The molecular weight excluding hydrogens is 362 g/mol. The first-order chi connectivity index (χ1) is 12.0. The van der Waals surface area contributed by atoms with E-state index in [9.17, 15) is 19.5 Å². The largest absolute Gasteiger partial charge is 0.461 e. The second-order valence-corrected chi connectivity index (χ2v) is 7.46. The number of alkyl carbamates (subject to hydrolysis) is 1. The number of aliphatic hydroxyl groups excluding tert-OH is 1. The molecule has 0 aromatic carbocycles. The maximum absolute atomic E-state index is 12.0. The van der Waals surface area contributed by atoms with E-state index in [-0.39, 0.29) is 16.6 Å². The quantitative estimate of drug-likeness (QED) is 0.609. The summed E-state index contributed by atoms with van der Waals surface area (Å²) in [4.78, 5) is 39.7. The first kappa shape index (κ1) is 21.8. The molecule has 0 fully saturated rings. The molecule has 2 amide bonds. The summed E-state index contributed by atoms with van der Waals surface area (Å²) in [5.41, 5.74) is -0.258. The number of rotatable bonds is 7. The van der Waals surface area contributed by atoms with Crippen molar-refractivity contribution in [1.82, 2.24) is 10.3 Å². The number of thiazole rings is 1. The summed E-state index contributed by atoms with van der Waals surface area (Å²) >= 11 is 0.955. The Hall–Kier alpha value is -2.20. The maximum Gasteiger partial charge on any atom is 0.407 e. The number of anilines is 1. The van der Waals surface area contributed by atoms with Crippen LogP contribution in [0.15, 0.2) is 0 Å². The van der Waals surface area contributed by atoms with Crippen LogP contribution in [0.2, 0.25) is 0 Å². The van der Waals surface area contributed by atoms with Gasteiger partial charge in [0, 0.05) is 0 Å². The summed E-state index contributed by atoms with van der Waals surface area (Å²) in [5.74, 6) is -1.27. The minimum atomic E-state index is -1.50. The van der Waals surface area contributed by atoms with Gasteiger partial charge in [-0.3, -0.25) is 10.1 Å². The van der Waals surface area contributed by atoms with Crippen LogP contribution in [-0.2, 0) is 14.3 Å². The van der Waals surface area contributed by atoms with Crippen LogP contribution in [-0.4, -0.2) is 52.9 Å². The lowest BCUT2D eigenvalue weighted by Crippen LogP contribution is -2.41. The van der Waals surface area contributed by atoms with Gasteiger partial charge in [-0.15, -0.1) is 0 Å². The van der Waals surface area contributed by atoms with E-state index in [4.69, 9.17) is 9.47 Å². The third kappa shape index (κ3) is 7.36. The van der Waals surface area contributed by atoms with Gasteiger partial charge in [0.25, 0.3) is 5.91 Å². The van der Waals surface area contributed by atoms with Gasteiger partial charge in [0.15, 0.2) is 11.2 Å². The molecule has 0 aliphatic carbocycles. The Morgan fingerprint density at radius 3 is 2.54 bits per heavy atom. The highest BCUT2D eigenvalue weighted by molar-refractivity contribution is 7.17. The molecule has 9 nitrogen and oxygen atoms in total. The number of carbonyl (C=O) groups excluding carboxylic acids is 3. The Morgan fingerprint density at radius 2 is 1.96 bits per heavy atom. The highest BCUT2D eigenvalue weighted by Crippen LogP contribution is 2.23. The second kappa shape index (κ2) is 9.48. The molecule has 0 aliphatic heterocycles. The van der Waals surface area contributed by atoms with E-state index < -0.39 is 29.7 Å². The molecule has 1 aromatic heterocycles. The fourth-order valence-corrected chi connectivity index (χ4v) is 2.54. The summed E-state index contributed by atoms with van der Waals surface area (Å²) in [6.45, 7) is 8.57. The van der Waals surface area contributed by atoms with Crippen LogP contribution in [0, 0.1) is 6.92 Å². The van der Waals surface area contributed by atoms with Crippen LogP contribution in [0.5, 0.6) is 0 Å². The van der Waals surface area contributed by atoms with Crippen molar-refractivity contribution < 1.29 is 29.0 Å². The predicted octanol–water partition coefficient (Wildman–Crippen LogP) is 1.84. The van der Waals surface area contributed by atoms with Gasteiger partial charge in [-0.25, -0.2) is 14.6 Å². The van der Waals surface area contributed by atoms with E-state index in [0.717, 1.165) is 11.3 Å². The minimum Gasteiger partial charge on any atom is -0.461 e. The van der Waals surface area contributed by atoms with Gasteiger partial charge in [0.2, 0.25) is 0 Å². The Kier molecular flexibility index (Phi) is 7.97. The monoisotopic (exact) mass is 387 g/mol. The number of aliphatic hydroxyl groups is 1. The fraction of sp³-hybridized carbons (Fsp3) is 0.625. The molecule has 10 heteroatoms. The van der Waals surface area contributed by atoms with Crippen molar-refractivity contribution in [2.24, 2.45) is 0 Å². The summed E-state index contributed by atoms with van der Waals surface area (Å²) in [5, 5.41) is 14.7. The lowest BCUT2D eigenvalue weighted by molar-refractivity contribution is -0.123. The zero-order valence-corrected chi connectivity index (χ0v) is 16.4. The number of ether oxygens (including phenoxy) is 2. The smallest absolute Gasteiger partial charge is 0.407 e. The summed E-state index contributed by atoms with van der Waals surface area (Å²) in [7, 11) is 0. The Morgan fingerprint density at radius 1 is 1.31 bits per heavy atom. The molecule has 146 valence electrons. The van der Waals surface area contributed by atoms with Crippen molar-refractivity contribution >= 4 is 34.4 Å². The Balaban J connectivity index is 2.56. The van der Waals surface area contributed by atoms with Crippen LogP contribution in [0.4, 0.5) is 9.93 Å². The van der Waals surface area contributed by atoms with Crippen LogP contribution < -0.4 is 10.6 Å². The molecule has 1 aromatic rings. The van der Waals surface area contributed by atoms with Gasteiger partial charge in [-0.1, -0.05) is 18.3 Å². The van der Waals surface area contributed by atoms with Crippen molar-refractivity contribution in [3.63, 3.8) is 0 Å². The minimum absolute atomic E-state index is 0.160. The van der Waals surface area contributed by atoms with E-state index in [1.54, 1.807) is 27.7 Å². The highest BCUT2D eigenvalue weighted by atomic mass is 32.1. The lowest BCUT2D eigenvalue weighted by Gasteiger charge is -2.20. The number of nitrogens with zero attached hydrogens (tertiary/aromatic N) is 1. The SMILES string of the molecule is CCCOC(=O)c1sc(NC(=O)[C@H](O)CNC(=O)OC(C)(C)C)nc1C. The number of hydrogen-bond donors (Lipinski definition) is 3. The van der Waals surface area contributed by atoms with Crippen LogP contribution in [0.25, 0.3) is 0 Å². The van der Waals surface area contributed by atoms with Crippen molar-refractivity contribution in [2.75, 3.05) is 18.5 Å². The maximum atomic E-state index is 12.0. The molecule has 0 aliphatic rings. The van der Waals surface area contributed by atoms with Gasteiger partial charge < -0.3 is 19.9 Å². The number of esters is 1. The average Bonchev–Trinajstić information content (AvgIpc) is 2.89. The molecule has 0 spiro atoms. The zero-order chi connectivity index (χ0) is 19.9. The molecule has 1 rings (SSSR count). The summed E-state index contributed by atoms with van der Waals surface area (Å²) in [6, 6.07) is 0. The van der Waals surface area contributed by atoms with E-state index in [2.05, 4.69) is 15.6 Å². The van der Waals surface area contributed by atoms with Gasteiger partial charge in [0.1, 0.15) is 10.5 Å². The molecular formula is C16H25N3O6S. The van der Waals surface area contributed by atoms with Crippen LogP contribution in [0.3, 0.4) is 0 Å². The number of carbonyl (C=O) groups is 3. The Labute approximate surface area is 156 Å². The number of aromatic nitrogens is 1. The molecule has 3 N–H and O–H groups in total. The van der Waals surface area contributed by atoms with Crippen LogP contribution in [0.1, 0.15) is 49.5 Å². The third-order valence-electron chi connectivity index (χ3n) is 2.79. The molecule has 0 saturated heterocycles. The first-order valence-electron chi connectivity index (χ1n) is 8.13. The van der Waals surface area contributed by atoms with Crippen molar-refractivity contribution in [3.8, 4) is 0 Å². The standard InChI is InChI=1S/C16H25N3O6S/c1-6-7-24-13(22)11-9(2)18-14(26-11)19-12(21)10(20)8-17-15(23)25-16(3,4)5/h10,20H,6-8H2,1-5H3,(H,17,23)(H,18,19,21)/t10-/m1/s1. The van der Waals surface area contributed by atoms with Gasteiger partial charge >= 0.3 is 12.1 Å². The Bertz CT molecular complexity index is 653. The number of aryl methyl sites for hydroxylation is 1. The molecule has 0 unspecified atom stereocenters. The van der Waals surface area contributed by atoms with Gasteiger partial charge in [-0.2, -0.15) is 0 Å². The molecule has 0 bridgehead atoms. The van der Waals surface area contributed by atoms with E-state index in [1.807, 2.05) is 6.92 Å². The highest BCUT2D eigenvalue weighted by Gasteiger charge is 2.22. The second-order valence-electron chi connectivity index (χ2n) is 6.46. The average molecular weight is 387 g/mol. The normalized spacial score (nSPS) is 12.2. The van der Waals surface area contributed by atoms with Crippen molar-refractivity contribution in [2.45, 2.75) is 52.7 Å². The first-order valence-corrected chi connectivity index (χ1v) is 8.95. The molecule has 0 saturated carbocycles. The number of amides is 2. The predicted molar refractivity (Wildman–Crippen MR) is 96.3 cm³/mol. The fourth-order valence-electron chi connectivity index (χ4n) is 1.68. The summed E-state index contributed by atoms with van der Waals surface area (Å²) in [6.07, 6.45) is -1.54. The topological polar surface area (TPSA) is 127 Å². The number of hydrogen-bond acceptors (Lipinski definition) is 8. The van der Waals surface area contributed by atoms with Crippen LogP contribution >= 0.6 is 11.3 Å². The molecule has 1 atom stereocenters. The zero-order valence-electron chi connectivity index (χ0n) is 15.5. The van der Waals surface area contributed by atoms with E-state index >= 15 is 0 Å². The third-order valence-corrected chi connectivity index (χ3v) is 3.84. The summed E-state index contributed by atoms with van der Waals surface area (Å²) < 4.78 is 10.0. The van der Waals surface area contributed by atoms with E-state index in [1.165, 1.54) is 0 Å². The van der Waals surface area contributed by atoms with Gasteiger partial charge in [0.05, 0.1) is 18.8 Å². The molecule has 26 heavy (non-hydrogen) atoms. The number of nitrogens with one attached hydrogen (secondary N) is 2. The molecule has 0 radical (unpaired) electrons. The van der Waals surface area contributed by atoms with E-state index in [0.29, 0.717) is 18.7 Å². The lowest BCUT2D eigenvalue weighted by atomic mass is 10.2. The molecule has 1 heterocycles. The van der Waals surface area contributed by atoms with Gasteiger partial charge in [-0.05, 0) is 34.1 Å². The van der Waals surface area contributed by atoms with Crippen molar-refractivity contribution in [1.29, 1.82) is 0 Å².